The van der Waals surface area contributed by atoms with Crippen LogP contribution in [0.4, 0.5) is 4.79 Å². The van der Waals surface area contributed by atoms with E-state index in [0.29, 0.717) is 17.0 Å². The molecular formula is C14H19ClN2O2S2. The van der Waals surface area contributed by atoms with Gasteiger partial charge in [-0.15, -0.1) is 0 Å². The predicted octanol–water partition coefficient (Wildman–Crippen LogP) is 3.61. The Hall–Kier alpha value is -0.850. The highest BCUT2D eigenvalue weighted by atomic mass is 35.5. The van der Waals surface area contributed by atoms with Gasteiger partial charge in [-0.25, -0.2) is 4.79 Å². The van der Waals surface area contributed by atoms with Crippen LogP contribution in [0.25, 0.3) is 0 Å². The molecule has 0 bridgehead atoms. The smallest absolute Gasteiger partial charge is 0.325 e. The molecule has 1 rings (SSSR count). The zero-order valence-corrected chi connectivity index (χ0v) is 14.2. The lowest BCUT2D eigenvalue weighted by atomic mass is 9.98. The molecule has 2 N–H and O–H groups in total. The molecule has 0 saturated heterocycles. The lowest BCUT2D eigenvalue weighted by molar-refractivity contribution is 0.0907. The number of carbonyl (C=O) groups excluding carboxylic acids is 2. The zero-order valence-electron chi connectivity index (χ0n) is 11.7. The summed E-state index contributed by atoms with van der Waals surface area (Å²) in [4.78, 5) is 23.9. The molecule has 21 heavy (non-hydrogen) atoms. The van der Waals surface area contributed by atoms with Crippen LogP contribution in [0.1, 0.15) is 36.5 Å². The van der Waals surface area contributed by atoms with Crippen molar-refractivity contribution in [3.05, 3.63) is 34.9 Å². The fourth-order valence-electron chi connectivity index (χ4n) is 1.99. The van der Waals surface area contributed by atoms with Crippen molar-refractivity contribution < 1.29 is 9.59 Å². The van der Waals surface area contributed by atoms with Crippen molar-refractivity contribution in [3.8, 4) is 0 Å². The van der Waals surface area contributed by atoms with E-state index in [1.807, 2.05) is 6.92 Å². The number of nitrogens with two attached hydrogens (primary N) is 1. The number of thiol groups is 2. The van der Waals surface area contributed by atoms with Crippen LogP contribution in [0.5, 0.6) is 0 Å². The van der Waals surface area contributed by atoms with Crippen molar-refractivity contribution in [2.24, 2.45) is 5.73 Å². The number of carbonyl (C=O) groups is 2. The Morgan fingerprint density at radius 2 is 1.90 bits per heavy atom. The van der Waals surface area contributed by atoms with Gasteiger partial charge in [0.2, 0.25) is 0 Å². The molecule has 0 saturated carbocycles. The molecule has 0 radical (unpaired) electrons. The standard InChI is InChI=1S/C14H19ClN2O2S2/c1-2-3-11(20)8-12(17(21)14(16)19)13(18)9-4-6-10(15)7-5-9/h4-7,11-12,20-21H,2-3,8H2,1H3,(H2,16,19). The highest BCUT2D eigenvalue weighted by Gasteiger charge is 2.29. The summed E-state index contributed by atoms with van der Waals surface area (Å²) in [6, 6.07) is 4.98. The lowest BCUT2D eigenvalue weighted by Gasteiger charge is -2.26. The first kappa shape index (κ1) is 18.2. The third-order valence-corrected chi connectivity index (χ3v) is 4.27. The van der Waals surface area contributed by atoms with Crippen molar-refractivity contribution >= 4 is 48.9 Å². The molecule has 0 aliphatic rings. The minimum Gasteiger partial charge on any atom is -0.351 e. The molecule has 7 heteroatoms. The normalized spacial score (nSPS) is 13.5. The second-order valence-corrected chi connectivity index (χ2v) is 6.35. The summed E-state index contributed by atoms with van der Waals surface area (Å²) in [7, 11) is 0. The molecule has 0 fully saturated rings. The molecule has 0 spiro atoms. The molecule has 0 aliphatic carbocycles. The highest BCUT2D eigenvalue weighted by Crippen LogP contribution is 2.21. The van der Waals surface area contributed by atoms with Gasteiger partial charge in [-0.1, -0.05) is 37.8 Å². The monoisotopic (exact) mass is 346 g/mol. The van der Waals surface area contributed by atoms with Crippen LogP contribution < -0.4 is 5.73 Å². The second-order valence-electron chi connectivity index (χ2n) is 4.75. The van der Waals surface area contributed by atoms with Crippen LogP contribution in [0, 0.1) is 0 Å². The van der Waals surface area contributed by atoms with Gasteiger partial charge in [0.1, 0.15) is 6.04 Å². The van der Waals surface area contributed by atoms with Crippen LogP contribution in [-0.2, 0) is 0 Å². The Bertz CT molecular complexity index is 496. The number of amides is 2. The summed E-state index contributed by atoms with van der Waals surface area (Å²) in [6.07, 6.45) is 2.18. The van der Waals surface area contributed by atoms with Crippen molar-refractivity contribution in [3.63, 3.8) is 0 Å². The van der Waals surface area contributed by atoms with Gasteiger partial charge < -0.3 is 5.73 Å². The summed E-state index contributed by atoms with van der Waals surface area (Å²) in [5.41, 5.74) is 5.70. The Morgan fingerprint density at radius 3 is 2.38 bits per heavy atom. The van der Waals surface area contributed by atoms with E-state index >= 15 is 0 Å². The Balaban J connectivity index is 2.96. The minimum absolute atomic E-state index is 0.00903. The first-order valence-electron chi connectivity index (χ1n) is 6.62. The molecule has 2 unspecified atom stereocenters. The number of Topliss-reactive ketones (excluding diaryl/α,β-unsaturated/α-hetero) is 1. The van der Waals surface area contributed by atoms with E-state index < -0.39 is 12.1 Å². The fourth-order valence-corrected chi connectivity index (χ4v) is 2.77. The maximum absolute atomic E-state index is 12.6. The van der Waals surface area contributed by atoms with Crippen molar-refractivity contribution in [1.82, 2.24) is 4.31 Å². The Kier molecular flexibility index (Phi) is 7.42. The molecule has 2 atom stereocenters. The van der Waals surface area contributed by atoms with Crippen molar-refractivity contribution in [1.29, 1.82) is 0 Å². The van der Waals surface area contributed by atoms with E-state index in [4.69, 9.17) is 17.3 Å². The summed E-state index contributed by atoms with van der Waals surface area (Å²) >= 11 is 14.3. The summed E-state index contributed by atoms with van der Waals surface area (Å²) in [5.74, 6) is -0.226. The van der Waals surface area contributed by atoms with Gasteiger partial charge in [0.15, 0.2) is 5.78 Å². The molecule has 0 aromatic heterocycles. The quantitative estimate of drug-likeness (QED) is 0.521. The van der Waals surface area contributed by atoms with E-state index in [1.54, 1.807) is 24.3 Å². The van der Waals surface area contributed by atoms with Crippen LogP contribution >= 0.6 is 37.0 Å². The van der Waals surface area contributed by atoms with E-state index in [1.165, 1.54) is 0 Å². The molecule has 4 nitrogen and oxygen atoms in total. The average molecular weight is 347 g/mol. The predicted molar refractivity (Wildman–Crippen MR) is 92.3 cm³/mol. The van der Waals surface area contributed by atoms with Crippen LogP contribution in [0.3, 0.4) is 0 Å². The topological polar surface area (TPSA) is 63.4 Å². The number of hydrogen-bond donors (Lipinski definition) is 3. The average Bonchev–Trinajstić information content (AvgIpc) is 2.44. The third kappa shape index (κ3) is 5.45. The molecule has 0 aliphatic heterocycles. The Labute approximate surface area is 141 Å². The van der Waals surface area contributed by atoms with Crippen LogP contribution in [0.15, 0.2) is 24.3 Å². The third-order valence-electron chi connectivity index (χ3n) is 3.07. The number of urea groups is 1. The first-order valence-corrected chi connectivity index (χ1v) is 7.91. The van der Waals surface area contributed by atoms with Crippen molar-refractivity contribution in [2.75, 3.05) is 0 Å². The second kappa shape index (κ2) is 8.56. The number of hydrogen-bond acceptors (Lipinski definition) is 4. The minimum atomic E-state index is -0.761. The number of ketones is 1. The maximum Gasteiger partial charge on any atom is 0.325 e. The Morgan fingerprint density at radius 1 is 1.33 bits per heavy atom. The van der Waals surface area contributed by atoms with E-state index in [2.05, 4.69) is 25.4 Å². The number of halogens is 1. The van der Waals surface area contributed by atoms with Gasteiger partial charge in [-0.3, -0.25) is 9.10 Å². The number of primary amides is 1. The van der Waals surface area contributed by atoms with Crippen LogP contribution in [0.2, 0.25) is 5.02 Å². The first-order chi connectivity index (χ1) is 9.86. The van der Waals surface area contributed by atoms with Gasteiger partial charge in [-0.2, -0.15) is 12.6 Å². The number of rotatable bonds is 7. The van der Waals surface area contributed by atoms with Gasteiger partial charge >= 0.3 is 6.03 Å². The zero-order chi connectivity index (χ0) is 16.0. The molecular weight excluding hydrogens is 328 g/mol. The molecule has 2 amide bonds. The SMILES string of the molecule is CCCC(S)CC(C(=O)c1ccc(Cl)cc1)N(S)C(N)=O. The van der Waals surface area contributed by atoms with E-state index in [9.17, 15) is 9.59 Å². The van der Waals surface area contributed by atoms with Crippen LogP contribution in [-0.4, -0.2) is 27.4 Å². The van der Waals surface area contributed by atoms with Gasteiger partial charge in [-0.05, 0) is 37.1 Å². The summed E-state index contributed by atoms with van der Waals surface area (Å²) < 4.78 is 0.968. The van der Waals surface area contributed by atoms with Crippen molar-refractivity contribution in [2.45, 2.75) is 37.5 Å². The summed E-state index contributed by atoms with van der Waals surface area (Å²) in [6.45, 7) is 2.03. The molecule has 1 aromatic rings. The van der Waals surface area contributed by atoms with Gasteiger partial charge in [0, 0.05) is 15.8 Å². The van der Waals surface area contributed by atoms with E-state index in [-0.39, 0.29) is 11.0 Å². The highest BCUT2D eigenvalue weighted by molar-refractivity contribution is 7.81. The molecule has 1 aromatic carbocycles. The number of nitrogens with zero attached hydrogens (tertiary/aromatic N) is 1. The van der Waals surface area contributed by atoms with E-state index in [0.717, 1.165) is 17.1 Å². The van der Waals surface area contributed by atoms with Gasteiger partial charge in [0.05, 0.1) is 0 Å². The maximum atomic E-state index is 12.6. The summed E-state index contributed by atoms with van der Waals surface area (Å²) in [5, 5.41) is 0.532. The lowest BCUT2D eigenvalue weighted by Crippen LogP contribution is -2.43. The molecule has 0 heterocycles. The molecule has 116 valence electrons. The largest absolute Gasteiger partial charge is 0.351 e. The fraction of sp³-hybridized carbons (Fsp3) is 0.429. The van der Waals surface area contributed by atoms with Gasteiger partial charge in [0.25, 0.3) is 0 Å². The number of benzene rings is 1.